The minimum absolute atomic E-state index is 0.0389. The largest absolute Gasteiger partial charge is 0.496 e. The van der Waals surface area contributed by atoms with Gasteiger partial charge in [-0.1, -0.05) is 59.6 Å². The van der Waals surface area contributed by atoms with Crippen LogP contribution in [0.3, 0.4) is 0 Å². The van der Waals surface area contributed by atoms with Gasteiger partial charge in [0.15, 0.2) is 5.69 Å². The molecule has 3 heterocycles. The van der Waals surface area contributed by atoms with Crippen LogP contribution in [0.1, 0.15) is 52.0 Å². The maximum Gasteiger partial charge on any atom is 0.274 e. The number of nitrogens with zero attached hydrogens (tertiary/aromatic N) is 3. The van der Waals surface area contributed by atoms with Gasteiger partial charge in [-0.3, -0.25) is 9.59 Å². The van der Waals surface area contributed by atoms with Gasteiger partial charge in [-0.05, 0) is 78.0 Å². The molecule has 1 saturated heterocycles. The lowest BCUT2D eigenvalue weighted by molar-refractivity contribution is -0.128. The predicted octanol–water partition coefficient (Wildman–Crippen LogP) is 5.36. The van der Waals surface area contributed by atoms with Crippen molar-refractivity contribution in [1.29, 1.82) is 0 Å². The maximum atomic E-state index is 14.5. The van der Waals surface area contributed by atoms with Gasteiger partial charge in [0.2, 0.25) is 0 Å². The fourth-order valence-electron chi connectivity index (χ4n) is 6.23. The van der Waals surface area contributed by atoms with Crippen molar-refractivity contribution >= 4 is 52.1 Å². The van der Waals surface area contributed by atoms with E-state index in [4.69, 9.17) is 27.9 Å². The number of aromatic nitrogens is 1. The first-order valence-electron chi connectivity index (χ1n) is 15.0. The molecule has 44 heavy (non-hydrogen) atoms. The molecule has 11 heteroatoms. The molecule has 2 aliphatic heterocycles. The monoisotopic (exact) mass is 653 g/mol. The summed E-state index contributed by atoms with van der Waals surface area (Å²) < 4.78 is 9.98. The summed E-state index contributed by atoms with van der Waals surface area (Å²) in [5.74, 6) is 0.716. The summed E-state index contributed by atoms with van der Waals surface area (Å²) in [7, 11) is 3.43. The maximum absolute atomic E-state index is 14.5. The minimum atomic E-state index is -0.248. The van der Waals surface area contributed by atoms with Gasteiger partial charge in [-0.2, -0.15) is 4.37 Å². The number of methoxy groups -OCH3 is 1. The van der Waals surface area contributed by atoms with Gasteiger partial charge >= 0.3 is 0 Å². The van der Waals surface area contributed by atoms with E-state index in [1.54, 1.807) is 19.1 Å². The van der Waals surface area contributed by atoms with Gasteiger partial charge in [0, 0.05) is 50.9 Å². The fourth-order valence-corrected chi connectivity index (χ4v) is 7.21. The Kier molecular flexibility index (Phi) is 9.31. The van der Waals surface area contributed by atoms with Gasteiger partial charge < -0.3 is 25.2 Å². The summed E-state index contributed by atoms with van der Waals surface area (Å²) in [6, 6.07) is 15.0. The van der Waals surface area contributed by atoms with Gasteiger partial charge in [-0.15, -0.1) is 0 Å². The molecule has 232 valence electrons. The smallest absolute Gasteiger partial charge is 0.274 e. The van der Waals surface area contributed by atoms with E-state index in [2.05, 4.69) is 57.2 Å². The van der Waals surface area contributed by atoms with E-state index in [9.17, 15) is 9.59 Å². The molecule has 1 aromatic heterocycles. The van der Waals surface area contributed by atoms with Gasteiger partial charge in [0.1, 0.15) is 15.1 Å². The van der Waals surface area contributed by atoms with Gasteiger partial charge in [0.25, 0.3) is 11.8 Å². The summed E-state index contributed by atoms with van der Waals surface area (Å²) >= 11 is 13.2. The van der Waals surface area contributed by atoms with Crippen LogP contribution in [0.15, 0.2) is 48.0 Å². The van der Waals surface area contributed by atoms with Crippen molar-refractivity contribution in [3.8, 4) is 5.75 Å². The Labute approximate surface area is 272 Å². The Balaban J connectivity index is 1.23. The Morgan fingerprint density at radius 2 is 1.86 bits per heavy atom. The van der Waals surface area contributed by atoms with Crippen LogP contribution >= 0.6 is 34.7 Å². The normalized spacial score (nSPS) is 19.6. The van der Waals surface area contributed by atoms with Gasteiger partial charge in [-0.25, -0.2) is 0 Å². The molecule has 3 aliphatic rings. The number of carbonyl (C=O) groups is 2. The molecule has 2 fully saturated rings. The molecule has 0 spiro atoms. The molecular weight excluding hydrogens is 617 g/mol. The van der Waals surface area contributed by atoms with Crippen LogP contribution in [0.5, 0.6) is 5.75 Å². The van der Waals surface area contributed by atoms with Crippen LogP contribution in [-0.4, -0.2) is 77.9 Å². The van der Waals surface area contributed by atoms with Crippen molar-refractivity contribution in [2.24, 2.45) is 0 Å². The van der Waals surface area contributed by atoms with Crippen molar-refractivity contribution in [1.82, 2.24) is 24.8 Å². The molecule has 6 rings (SSSR count). The zero-order chi connectivity index (χ0) is 31.0. The number of carbonyl (C=O) groups excluding carboxylic acids is 2. The number of ether oxygens (including phenoxy) is 1. The molecule has 1 aliphatic carbocycles. The second kappa shape index (κ2) is 13.2. The topological polar surface area (TPSA) is 86.8 Å². The molecule has 8 nitrogen and oxygen atoms in total. The van der Waals surface area contributed by atoms with Crippen molar-refractivity contribution in [2.75, 3.05) is 33.8 Å². The number of rotatable bonds is 10. The van der Waals surface area contributed by atoms with E-state index in [0.717, 1.165) is 83.0 Å². The highest BCUT2D eigenvalue weighted by Gasteiger charge is 2.41. The molecule has 0 unspecified atom stereocenters. The van der Waals surface area contributed by atoms with Gasteiger partial charge in [0.05, 0.1) is 13.2 Å². The summed E-state index contributed by atoms with van der Waals surface area (Å²) in [6.45, 7) is 4.74. The van der Waals surface area contributed by atoms with E-state index in [0.29, 0.717) is 23.8 Å². The standard InChI is InChI=1S/C33H37Cl2N5O3S/c1-19-22(5-4-6-27(19)43-3)18-40(24-11-12-24)32(41)28-25(15-23-16-36-17-26(28)37-23)21-9-7-20(8-10-21)13-14-39(2)33(42)30-29(34)31(35)44-38-30/h4-10,23-24,26,36-37H,11-18H2,1-3H3/t23-,26+/m0/s1. The third-order valence-corrected chi connectivity index (χ3v) is 10.5. The fraction of sp³-hybridized carbons (Fsp3) is 0.424. The number of halogens is 2. The lowest BCUT2D eigenvalue weighted by atomic mass is 9.83. The number of hydrogen-bond acceptors (Lipinski definition) is 7. The van der Waals surface area contributed by atoms with Crippen molar-refractivity contribution < 1.29 is 14.3 Å². The van der Waals surface area contributed by atoms with Crippen LogP contribution in [-0.2, 0) is 17.8 Å². The van der Waals surface area contributed by atoms with Crippen LogP contribution in [0, 0.1) is 6.92 Å². The summed E-state index contributed by atoms with van der Waals surface area (Å²) in [6.07, 6.45) is 3.52. The Morgan fingerprint density at radius 3 is 2.55 bits per heavy atom. The Morgan fingerprint density at radius 1 is 1.09 bits per heavy atom. The molecule has 2 N–H and O–H groups in total. The third-order valence-electron chi connectivity index (χ3n) is 8.92. The second-order valence-corrected chi connectivity index (χ2v) is 13.6. The zero-order valence-corrected chi connectivity index (χ0v) is 27.5. The van der Waals surface area contributed by atoms with E-state index >= 15 is 0 Å². The van der Waals surface area contributed by atoms with Crippen LogP contribution < -0.4 is 15.4 Å². The number of fused-ring (bicyclic) bond motifs is 2. The van der Waals surface area contributed by atoms with E-state index in [1.807, 2.05) is 12.1 Å². The SMILES string of the molecule is COc1cccc(CN(C(=O)C2=C(c3ccc(CCN(C)C(=O)c4nsc(Cl)c4Cl)cc3)C[C@H]3CNC[C@H]2N3)C2CC2)c1C. The van der Waals surface area contributed by atoms with Crippen molar-refractivity contribution in [2.45, 2.75) is 57.3 Å². The molecular formula is C33H37Cl2N5O3S. The molecule has 2 aromatic carbocycles. The quantitative estimate of drug-likeness (QED) is 0.306. The number of likely N-dealkylation sites (N-methyl/N-ethyl adjacent to an activating group) is 1. The minimum Gasteiger partial charge on any atom is -0.496 e. The highest BCUT2D eigenvalue weighted by atomic mass is 35.5. The highest BCUT2D eigenvalue weighted by molar-refractivity contribution is 7.11. The molecule has 2 amide bonds. The first-order valence-corrected chi connectivity index (χ1v) is 16.6. The third kappa shape index (κ3) is 6.39. The number of nitrogens with one attached hydrogen (secondary N) is 2. The molecule has 1 saturated carbocycles. The average Bonchev–Trinajstić information content (AvgIpc) is 3.82. The lowest BCUT2D eigenvalue weighted by Gasteiger charge is -2.41. The number of amides is 2. The number of hydrogen-bond donors (Lipinski definition) is 2. The second-order valence-electron chi connectivity index (χ2n) is 11.9. The van der Waals surface area contributed by atoms with Crippen LogP contribution in [0.25, 0.3) is 5.57 Å². The number of piperazine rings is 1. The summed E-state index contributed by atoms with van der Waals surface area (Å²) in [5, 5.41) is 7.45. The van der Waals surface area contributed by atoms with E-state index in [-0.39, 0.29) is 40.7 Å². The van der Waals surface area contributed by atoms with Crippen LogP contribution in [0.4, 0.5) is 0 Å². The predicted molar refractivity (Wildman–Crippen MR) is 176 cm³/mol. The zero-order valence-electron chi connectivity index (χ0n) is 25.2. The summed E-state index contributed by atoms with van der Waals surface area (Å²) in [4.78, 5) is 31.0. The average molecular weight is 655 g/mol. The Hall–Kier alpha value is -2.95. The first kappa shape index (κ1) is 31.0. The molecule has 2 atom stereocenters. The summed E-state index contributed by atoms with van der Waals surface area (Å²) in [5.41, 5.74) is 6.57. The van der Waals surface area contributed by atoms with Crippen molar-refractivity contribution in [3.05, 3.63) is 85.3 Å². The lowest BCUT2D eigenvalue weighted by Crippen LogP contribution is -2.60. The molecule has 0 radical (unpaired) electrons. The molecule has 2 bridgehead atoms. The Bertz CT molecular complexity index is 1590. The van der Waals surface area contributed by atoms with Crippen LogP contribution in [0.2, 0.25) is 9.36 Å². The first-order chi connectivity index (χ1) is 21.2. The van der Waals surface area contributed by atoms with E-state index in [1.165, 1.54) is 0 Å². The van der Waals surface area contributed by atoms with E-state index < -0.39 is 0 Å². The highest BCUT2D eigenvalue weighted by Crippen LogP contribution is 2.37. The number of benzene rings is 2. The van der Waals surface area contributed by atoms with Crippen molar-refractivity contribution in [3.63, 3.8) is 0 Å². The molecule has 3 aromatic rings.